The first-order chi connectivity index (χ1) is 24.7. The predicted molar refractivity (Wildman–Crippen MR) is 197 cm³/mol. The van der Waals surface area contributed by atoms with Gasteiger partial charge in [-0.2, -0.15) is 0 Å². The van der Waals surface area contributed by atoms with Crippen molar-refractivity contribution in [3.05, 3.63) is 120 Å². The average molecular weight is 765 g/mol. The molecule has 51 heavy (non-hydrogen) atoms. The molecule has 270 valence electrons. The second-order valence-corrected chi connectivity index (χ2v) is 13.3. The summed E-state index contributed by atoms with van der Waals surface area (Å²) in [5.74, 6) is -0.549. The van der Waals surface area contributed by atoms with Crippen molar-refractivity contribution in [2.45, 2.75) is 50.4 Å². The first kappa shape index (κ1) is 39.6. The monoisotopic (exact) mass is 763 g/mol. The van der Waals surface area contributed by atoms with E-state index in [1.165, 1.54) is 40.1 Å². The fourth-order valence-corrected chi connectivity index (χ4v) is 6.30. The van der Waals surface area contributed by atoms with Gasteiger partial charge in [-0.3, -0.25) is 24.2 Å². The van der Waals surface area contributed by atoms with Gasteiger partial charge in [0.25, 0.3) is 17.7 Å². The molecule has 0 spiro atoms. The van der Waals surface area contributed by atoms with Gasteiger partial charge in [0.15, 0.2) is 6.08 Å². The molecule has 0 bridgehead atoms. The largest absolute Gasteiger partial charge is 0.499 e. The van der Waals surface area contributed by atoms with E-state index in [2.05, 4.69) is 32.2 Å². The van der Waals surface area contributed by atoms with Crippen LogP contribution in [0.25, 0.3) is 0 Å². The number of halogens is 3. The van der Waals surface area contributed by atoms with Gasteiger partial charge in [-0.25, -0.2) is 18.5 Å². The molecule has 2 aromatic carbocycles. The summed E-state index contributed by atoms with van der Waals surface area (Å²) in [5, 5.41) is 4.06. The van der Waals surface area contributed by atoms with E-state index in [1.54, 1.807) is 36.4 Å². The topological polar surface area (TPSA) is 90.0 Å². The van der Waals surface area contributed by atoms with Crippen molar-refractivity contribution in [1.29, 1.82) is 0 Å². The lowest BCUT2D eigenvalue weighted by Gasteiger charge is -2.30. The Kier molecular flexibility index (Phi) is 16.5. The number of nitrogens with one attached hydrogen (secondary N) is 1. The summed E-state index contributed by atoms with van der Waals surface area (Å²) in [4.78, 5) is 51.9. The Hall–Kier alpha value is -4.15. The average Bonchev–Trinajstić information content (AvgIpc) is 3.16. The van der Waals surface area contributed by atoms with Crippen LogP contribution >= 0.6 is 15.9 Å². The van der Waals surface area contributed by atoms with Gasteiger partial charge in [0.2, 0.25) is 0 Å². The molecule has 0 saturated carbocycles. The summed E-state index contributed by atoms with van der Waals surface area (Å²) in [6, 6.07) is 13.1. The van der Waals surface area contributed by atoms with Crippen LogP contribution in [0.1, 0.15) is 49.7 Å². The molecule has 2 saturated heterocycles. The summed E-state index contributed by atoms with van der Waals surface area (Å²) < 4.78 is 25.2. The van der Waals surface area contributed by atoms with Crippen LogP contribution in [0.4, 0.5) is 8.78 Å². The summed E-state index contributed by atoms with van der Waals surface area (Å²) in [5.41, 5.74) is 2.21. The zero-order valence-corrected chi connectivity index (χ0v) is 30.4. The first-order valence-corrected chi connectivity index (χ1v) is 18.6. The number of nitrogens with zero attached hydrogens (tertiary/aromatic N) is 3. The van der Waals surface area contributed by atoms with Gasteiger partial charge in [-0.05, 0) is 124 Å². The number of benzene rings is 2. The van der Waals surface area contributed by atoms with Crippen LogP contribution in [-0.2, 0) is 31.1 Å². The van der Waals surface area contributed by atoms with E-state index in [0.29, 0.717) is 31.3 Å². The minimum absolute atomic E-state index is 0.181. The highest BCUT2D eigenvalue weighted by Crippen LogP contribution is 2.21. The van der Waals surface area contributed by atoms with Crippen LogP contribution < -0.4 is 5.32 Å². The highest BCUT2D eigenvalue weighted by molar-refractivity contribution is 9.08. The Bertz CT molecular complexity index is 1560. The number of piperidine rings is 2. The Morgan fingerprint density at radius 3 is 1.88 bits per heavy atom. The standard InChI is InChI=1S/C20H23FN2O2.C13H17N2O2.C7H6BrF/c21-18-7-4-17(5-8-18)15-22-13-10-16(11-14-22)6-9-20(25)23-12-2-1-3-19(23)24;16-12-3-1-2-10-15(12)13(17)5-4-11-6-8-14-9-7-11;8-5-6-1-3-7(9)4-2-6/h1,3-9,16H,2,10-15H2;1,4-5,11,14H,2,6-10H2;1-4H,5H2/q;+1;/b9-6+;5-4+;. The fraction of sp³-hybridized carbons (Fsp3) is 0.400. The molecule has 0 unspecified atom stereocenters. The quantitative estimate of drug-likeness (QED) is 0.203. The number of alkyl halides is 1. The third kappa shape index (κ3) is 13.8. The molecule has 1 N–H and O–H groups in total. The van der Waals surface area contributed by atoms with Gasteiger partial charge >= 0.3 is 12.0 Å². The third-order valence-corrected chi connectivity index (χ3v) is 9.62. The number of carbonyl (C=O) groups is 4. The number of carbonyl (C=O) groups excluding carboxylic acids is 4. The maximum Gasteiger partial charge on any atom is 0.499 e. The molecule has 2 aromatic rings. The van der Waals surface area contributed by atoms with E-state index in [9.17, 15) is 28.0 Å². The predicted octanol–water partition coefficient (Wildman–Crippen LogP) is 6.29. The Morgan fingerprint density at radius 1 is 0.765 bits per heavy atom. The van der Waals surface area contributed by atoms with Crippen LogP contribution in [0.15, 0.2) is 91.1 Å². The SMILES string of the molecule is Fc1ccc(CBr)cc1.O=C1C=CCCN1C(=O)/C=C/C1CCN(Cc2ccc(F)cc2)CC1.O=C1[C+]=CCCN1C(=O)/C=C/C1CCNCC1. The maximum absolute atomic E-state index is 12.9. The molecule has 4 heterocycles. The van der Waals surface area contributed by atoms with Crippen LogP contribution in [0.3, 0.4) is 0 Å². The Morgan fingerprint density at radius 2 is 1.31 bits per heavy atom. The van der Waals surface area contributed by atoms with Crippen LogP contribution in [0, 0.1) is 29.5 Å². The zero-order chi connectivity index (χ0) is 36.4. The van der Waals surface area contributed by atoms with Crippen molar-refractivity contribution in [2.24, 2.45) is 11.8 Å². The van der Waals surface area contributed by atoms with Crippen molar-refractivity contribution in [3.8, 4) is 0 Å². The molecule has 4 aliphatic rings. The van der Waals surface area contributed by atoms with Crippen molar-refractivity contribution < 1.29 is 28.0 Å². The normalized spacial score (nSPS) is 18.6. The summed E-state index contributed by atoms with van der Waals surface area (Å²) >= 11 is 3.26. The van der Waals surface area contributed by atoms with E-state index in [4.69, 9.17) is 0 Å². The number of allylic oxidation sites excluding steroid dienone is 2. The molecular weight excluding hydrogens is 718 g/mol. The summed E-state index contributed by atoms with van der Waals surface area (Å²) in [7, 11) is 0. The van der Waals surface area contributed by atoms with Crippen LogP contribution in [0.5, 0.6) is 0 Å². The van der Waals surface area contributed by atoms with Crippen molar-refractivity contribution in [3.63, 3.8) is 0 Å². The fourth-order valence-electron chi connectivity index (χ4n) is 5.93. The second kappa shape index (κ2) is 21.3. The molecule has 0 aromatic heterocycles. The minimum Gasteiger partial charge on any atom is -0.317 e. The molecule has 4 amide bonds. The van der Waals surface area contributed by atoms with Crippen LogP contribution in [-0.4, -0.2) is 77.6 Å². The van der Waals surface area contributed by atoms with Crippen molar-refractivity contribution in [1.82, 2.24) is 20.0 Å². The summed E-state index contributed by atoms with van der Waals surface area (Å²) in [6.45, 7) is 5.67. The molecule has 8 nitrogen and oxygen atoms in total. The third-order valence-electron chi connectivity index (χ3n) is 8.97. The van der Waals surface area contributed by atoms with Gasteiger partial charge in [0.1, 0.15) is 11.6 Å². The Labute approximate surface area is 308 Å². The maximum atomic E-state index is 12.9. The highest BCUT2D eigenvalue weighted by Gasteiger charge is 2.30. The molecular formula is C40H46BrF2N4O4+. The molecule has 0 atom stereocenters. The lowest BCUT2D eigenvalue weighted by Crippen LogP contribution is -2.37. The van der Waals surface area contributed by atoms with Crippen LogP contribution in [0.2, 0.25) is 0 Å². The second-order valence-electron chi connectivity index (χ2n) is 12.8. The van der Waals surface area contributed by atoms with Gasteiger partial charge < -0.3 is 5.32 Å². The lowest BCUT2D eigenvalue weighted by atomic mass is 9.96. The zero-order valence-electron chi connectivity index (χ0n) is 28.8. The number of hydrogen-bond acceptors (Lipinski definition) is 6. The number of likely N-dealkylation sites (tertiary alicyclic amines) is 1. The lowest BCUT2D eigenvalue weighted by molar-refractivity contribution is -0.141. The molecule has 2 fully saturated rings. The Balaban J connectivity index is 0.000000192. The molecule has 0 radical (unpaired) electrons. The van der Waals surface area contributed by atoms with Gasteiger partial charge in [-0.1, -0.05) is 58.4 Å². The molecule has 4 aliphatic heterocycles. The summed E-state index contributed by atoms with van der Waals surface area (Å²) in [6.07, 6.45) is 20.0. The number of hydrogen-bond donors (Lipinski definition) is 1. The van der Waals surface area contributed by atoms with Gasteiger partial charge in [0.05, 0.1) is 0 Å². The number of amides is 4. The van der Waals surface area contributed by atoms with Crippen molar-refractivity contribution in [2.75, 3.05) is 39.3 Å². The number of imide groups is 2. The van der Waals surface area contributed by atoms with E-state index in [-0.39, 0.29) is 35.3 Å². The highest BCUT2D eigenvalue weighted by atomic mass is 79.9. The van der Waals surface area contributed by atoms with Gasteiger partial charge in [0, 0.05) is 31.4 Å². The first-order valence-electron chi connectivity index (χ1n) is 17.5. The van der Waals surface area contributed by atoms with E-state index in [1.807, 2.05) is 24.3 Å². The van der Waals surface area contributed by atoms with E-state index < -0.39 is 0 Å². The van der Waals surface area contributed by atoms with Crippen molar-refractivity contribution >= 4 is 39.6 Å². The number of rotatable bonds is 7. The van der Waals surface area contributed by atoms with Gasteiger partial charge in [-0.15, -0.1) is 0 Å². The minimum atomic E-state index is -0.323. The van der Waals surface area contributed by atoms with E-state index in [0.717, 1.165) is 81.3 Å². The van der Waals surface area contributed by atoms with E-state index >= 15 is 0 Å². The molecule has 11 heteroatoms. The smallest absolute Gasteiger partial charge is 0.317 e. The molecule has 6 rings (SSSR count). The molecule has 0 aliphatic carbocycles.